The third kappa shape index (κ3) is 4.28. The summed E-state index contributed by atoms with van der Waals surface area (Å²) in [5, 5.41) is 9.90. The maximum Gasteiger partial charge on any atom is 0.231 e. The van der Waals surface area contributed by atoms with Crippen molar-refractivity contribution in [2.75, 3.05) is 33.7 Å². The van der Waals surface area contributed by atoms with E-state index in [0.29, 0.717) is 37.7 Å². The molecule has 2 fully saturated rings. The average molecular weight is 455 g/mol. The minimum absolute atomic E-state index is 0.0289. The second-order valence-electron chi connectivity index (χ2n) is 8.86. The monoisotopic (exact) mass is 454 g/mol. The molecular formula is C26H30O7. The van der Waals surface area contributed by atoms with Gasteiger partial charge in [-0.15, -0.1) is 0 Å². The van der Waals surface area contributed by atoms with Crippen molar-refractivity contribution in [3.63, 3.8) is 0 Å². The van der Waals surface area contributed by atoms with Crippen LogP contribution < -0.4 is 18.9 Å². The summed E-state index contributed by atoms with van der Waals surface area (Å²) in [5.41, 5.74) is 2.87. The van der Waals surface area contributed by atoms with Gasteiger partial charge < -0.3 is 33.5 Å². The molecule has 7 nitrogen and oxygen atoms in total. The molecule has 0 bridgehead atoms. The molecule has 3 aliphatic rings. The van der Waals surface area contributed by atoms with Crippen molar-refractivity contribution >= 4 is 0 Å². The molecular weight excluding hydrogens is 424 g/mol. The number of ether oxygens (including phenoxy) is 6. The third-order valence-electron chi connectivity index (χ3n) is 6.72. The van der Waals surface area contributed by atoms with E-state index >= 15 is 0 Å². The fraction of sp³-hybridized carbons (Fsp3) is 0.462. The SMILES string of the molecule is C=C(C)C(O)CCOc1ccc(C2OCC3C(c4ccc5c(c4)OCO5)OCC23)cc1OC. The molecule has 176 valence electrons. The van der Waals surface area contributed by atoms with Crippen LogP contribution in [0.5, 0.6) is 23.0 Å². The molecule has 0 saturated carbocycles. The van der Waals surface area contributed by atoms with Crippen molar-refractivity contribution in [1.29, 1.82) is 0 Å². The molecule has 5 atom stereocenters. The van der Waals surface area contributed by atoms with Gasteiger partial charge in [-0.25, -0.2) is 0 Å². The fourth-order valence-electron chi connectivity index (χ4n) is 4.83. The molecule has 0 spiro atoms. The first-order chi connectivity index (χ1) is 16.0. The quantitative estimate of drug-likeness (QED) is 0.599. The molecule has 2 aromatic rings. The Morgan fingerprint density at radius 3 is 2.36 bits per heavy atom. The highest BCUT2D eigenvalue weighted by Crippen LogP contribution is 2.51. The van der Waals surface area contributed by atoms with Gasteiger partial charge in [-0.05, 0) is 42.3 Å². The summed E-state index contributed by atoms with van der Waals surface area (Å²) < 4.78 is 34.9. The van der Waals surface area contributed by atoms with Crippen molar-refractivity contribution in [1.82, 2.24) is 0 Å². The predicted molar refractivity (Wildman–Crippen MR) is 121 cm³/mol. The van der Waals surface area contributed by atoms with Crippen LogP contribution in [0.25, 0.3) is 0 Å². The number of aliphatic hydroxyl groups excluding tert-OH is 1. The Morgan fingerprint density at radius 2 is 1.67 bits per heavy atom. The number of hydrogen-bond acceptors (Lipinski definition) is 7. The summed E-state index contributed by atoms with van der Waals surface area (Å²) in [6, 6.07) is 11.9. The smallest absolute Gasteiger partial charge is 0.231 e. The maximum atomic E-state index is 9.90. The molecule has 3 heterocycles. The molecule has 7 heteroatoms. The third-order valence-corrected chi connectivity index (χ3v) is 6.72. The highest BCUT2D eigenvalue weighted by atomic mass is 16.7. The zero-order valence-electron chi connectivity index (χ0n) is 19.0. The van der Waals surface area contributed by atoms with E-state index in [1.807, 2.05) is 36.4 Å². The fourth-order valence-corrected chi connectivity index (χ4v) is 4.83. The van der Waals surface area contributed by atoms with E-state index in [4.69, 9.17) is 28.4 Å². The topological polar surface area (TPSA) is 75.6 Å². The van der Waals surface area contributed by atoms with Gasteiger partial charge >= 0.3 is 0 Å². The molecule has 2 aromatic carbocycles. The average Bonchev–Trinajstić information content (AvgIpc) is 3.55. The van der Waals surface area contributed by atoms with Crippen molar-refractivity contribution in [2.24, 2.45) is 11.8 Å². The van der Waals surface area contributed by atoms with E-state index in [2.05, 4.69) is 6.58 Å². The first-order valence-electron chi connectivity index (χ1n) is 11.3. The van der Waals surface area contributed by atoms with Gasteiger partial charge in [-0.3, -0.25) is 0 Å². The lowest BCUT2D eigenvalue weighted by molar-refractivity contribution is 0.0191. The Balaban J connectivity index is 1.27. The van der Waals surface area contributed by atoms with Crippen molar-refractivity contribution in [3.05, 3.63) is 59.7 Å². The lowest BCUT2D eigenvalue weighted by atomic mass is 9.85. The van der Waals surface area contributed by atoms with E-state index in [-0.39, 0.29) is 30.8 Å². The second kappa shape index (κ2) is 9.25. The van der Waals surface area contributed by atoms with Crippen LogP contribution in [0.2, 0.25) is 0 Å². The van der Waals surface area contributed by atoms with Crippen LogP contribution in [0.3, 0.4) is 0 Å². The summed E-state index contributed by atoms with van der Waals surface area (Å²) in [4.78, 5) is 0. The van der Waals surface area contributed by atoms with Crippen LogP contribution in [0.15, 0.2) is 48.6 Å². The standard InChI is InChI=1S/C26H30O7/c1-15(2)20(27)8-9-29-21-6-4-16(10-23(21)28-3)25-18-12-31-26(19(18)13-30-25)17-5-7-22-24(11-17)33-14-32-22/h4-7,10-11,18-20,25-27H,1,8-9,12-14H2,2-3H3. The summed E-state index contributed by atoms with van der Waals surface area (Å²) >= 11 is 0. The molecule has 3 aliphatic heterocycles. The highest BCUT2D eigenvalue weighted by Gasteiger charge is 2.48. The molecule has 5 unspecified atom stereocenters. The van der Waals surface area contributed by atoms with Crippen LogP contribution in [0.1, 0.15) is 36.7 Å². The van der Waals surface area contributed by atoms with Crippen LogP contribution in [-0.2, 0) is 9.47 Å². The van der Waals surface area contributed by atoms with Crippen molar-refractivity contribution in [3.8, 4) is 23.0 Å². The number of methoxy groups -OCH3 is 1. The van der Waals surface area contributed by atoms with Crippen LogP contribution >= 0.6 is 0 Å². The number of benzene rings is 2. The van der Waals surface area contributed by atoms with Crippen LogP contribution in [0, 0.1) is 11.8 Å². The van der Waals surface area contributed by atoms with Crippen molar-refractivity contribution in [2.45, 2.75) is 31.7 Å². The lowest BCUT2D eigenvalue weighted by Crippen LogP contribution is -2.15. The van der Waals surface area contributed by atoms with E-state index in [0.717, 1.165) is 28.2 Å². The van der Waals surface area contributed by atoms with Gasteiger partial charge in [0, 0.05) is 18.3 Å². The Morgan fingerprint density at radius 1 is 1.00 bits per heavy atom. The Hall–Kier alpha value is -2.74. The Kier molecular flexibility index (Phi) is 6.19. The molecule has 0 aromatic heterocycles. The summed E-state index contributed by atoms with van der Waals surface area (Å²) in [6.07, 6.45) is -0.186. The number of aliphatic hydroxyl groups is 1. The van der Waals surface area contributed by atoms with E-state index < -0.39 is 6.10 Å². The second-order valence-corrected chi connectivity index (χ2v) is 8.86. The van der Waals surface area contributed by atoms with E-state index in [9.17, 15) is 5.11 Å². The van der Waals surface area contributed by atoms with E-state index in [1.165, 1.54) is 0 Å². The molecule has 5 rings (SSSR count). The van der Waals surface area contributed by atoms with Crippen LogP contribution in [0.4, 0.5) is 0 Å². The normalized spacial score (nSPS) is 26.2. The molecule has 0 aliphatic carbocycles. The van der Waals surface area contributed by atoms with Gasteiger partial charge in [0.15, 0.2) is 23.0 Å². The first-order valence-corrected chi connectivity index (χ1v) is 11.3. The highest BCUT2D eigenvalue weighted by molar-refractivity contribution is 5.46. The van der Waals surface area contributed by atoms with Crippen molar-refractivity contribution < 1.29 is 33.5 Å². The zero-order chi connectivity index (χ0) is 22.9. The van der Waals surface area contributed by atoms with Gasteiger partial charge in [0.1, 0.15) is 0 Å². The molecule has 33 heavy (non-hydrogen) atoms. The number of rotatable bonds is 8. The molecule has 0 radical (unpaired) electrons. The number of hydrogen-bond donors (Lipinski definition) is 1. The van der Waals surface area contributed by atoms with Gasteiger partial charge in [-0.2, -0.15) is 0 Å². The van der Waals surface area contributed by atoms with Gasteiger partial charge in [-0.1, -0.05) is 24.3 Å². The molecule has 1 N–H and O–H groups in total. The summed E-state index contributed by atoms with van der Waals surface area (Å²) in [6.45, 7) is 7.48. The summed E-state index contributed by atoms with van der Waals surface area (Å²) in [5.74, 6) is 3.35. The van der Waals surface area contributed by atoms with Crippen LogP contribution in [-0.4, -0.2) is 44.9 Å². The Labute approximate surface area is 193 Å². The van der Waals surface area contributed by atoms with Gasteiger partial charge in [0.2, 0.25) is 6.79 Å². The Bertz CT molecular complexity index is 1020. The lowest BCUT2D eigenvalue weighted by Gasteiger charge is -2.19. The zero-order valence-corrected chi connectivity index (χ0v) is 19.0. The molecule has 2 saturated heterocycles. The van der Waals surface area contributed by atoms with Gasteiger partial charge in [0.05, 0.1) is 45.2 Å². The minimum atomic E-state index is -0.570. The van der Waals surface area contributed by atoms with Gasteiger partial charge in [0.25, 0.3) is 0 Å². The molecule has 0 amide bonds. The van der Waals surface area contributed by atoms with E-state index in [1.54, 1.807) is 14.0 Å². The maximum absolute atomic E-state index is 9.90. The first kappa shape index (κ1) is 22.1. The number of fused-ring (bicyclic) bond motifs is 2. The summed E-state index contributed by atoms with van der Waals surface area (Å²) in [7, 11) is 1.63. The predicted octanol–water partition coefficient (Wildman–Crippen LogP) is 4.21. The minimum Gasteiger partial charge on any atom is -0.493 e. The largest absolute Gasteiger partial charge is 0.493 e.